The van der Waals surface area contributed by atoms with E-state index in [2.05, 4.69) is 5.32 Å². The molecule has 0 unspecified atom stereocenters. The number of hydrogen-bond donors (Lipinski definition) is 2. The minimum absolute atomic E-state index is 0.109. The Morgan fingerprint density at radius 3 is 2.50 bits per heavy atom. The lowest BCUT2D eigenvalue weighted by Gasteiger charge is -2.09. The number of phenols is 1. The normalized spacial score (nSPS) is 12.5. The maximum Gasteiger partial charge on any atom is 0.231 e. The Morgan fingerprint density at radius 1 is 1.05 bits per heavy atom. The van der Waals surface area contributed by atoms with Crippen molar-refractivity contribution in [3.05, 3.63) is 45.9 Å². The molecule has 104 valence electrons. The van der Waals surface area contributed by atoms with Gasteiger partial charge >= 0.3 is 0 Å². The minimum atomic E-state index is -0.109. The molecule has 0 saturated heterocycles. The summed E-state index contributed by atoms with van der Waals surface area (Å²) in [5, 5.41) is 13.1. The molecule has 20 heavy (non-hydrogen) atoms. The zero-order valence-corrected chi connectivity index (χ0v) is 11.8. The lowest BCUT2D eigenvalue weighted by molar-refractivity contribution is 0.174. The second-order valence-corrected chi connectivity index (χ2v) is 5.14. The molecule has 0 aromatic heterocycles. The fourth-order valence-electron chi connectivity index (χ4n) is 1.92. The zero-order chi connectivity index (χ0) is 14.1. The summed E-state index contributed by atoms with van der Waals surface area (Å²) in [6.45, 7) is 0.837. The maximum absolute atomic E-state index is 9.50. The van der Waals surface area contributed by atoms with Crippen molar-refractivity contribution in [2.24, 2.45) is 0 Å². The molecule has 1 aliphatic rings. The maximum atomic E-state index is 9.50. The number of rotatable bonds is 3. The Kier molecular flexibility index (Phi) is 3.51. The summed E-state index contributed by atoms with van der Waals surface area (Å²) in [7, 11) is 0. The quantitative estimate of drug-likeness (QED) is 0.840. The van der Waals surface area contributed by atoms with Gasteiger partial charge in [-0.05, 0) is 29.8 Å². The van der Waals surface area contributed by atoms with E-state index in [-0.39, 0.29) is 22.6 Å². The highest BCUT2D eigenvalue weighted by Crippen LogP contribution is 2.35. The number of fused-ring (bicyclic) bond motifs is 1. The van der Waals surface area contributed by atoms with Crippen LogP contribution in [-0.2, 0) is 6.54 Å². The fourth-order valence-corrected chi connectivity index (χ4v) is 2.41. The van der Waals surface area contributed by atoms with Crippen LogP contribution in [0.25, 0.3) is 0 Å². The van der Waals surface area contributed by atoms with Crippen LogP contribution in [0.1, 0.15) is 5.56 Å². The van der Waals surface area contributed by atoms with Crippen LogP contribution in [0.2, 0.25) is 10.0 Å². The van der Waals surface area contributed by atoms with E-state index < -0.39 is 0 Å². The number of anilines is 1. The van der Waals surface area contributed by atoms with E-state index in [9.17, 15) is 5.11 Å². The SMILES string of the molecule is Oc1c(Cl)cc(NCc2ccc3c(c2)OCO3)cc1Cl. The van der Waals surface area contributed by atoms with Crippen LogP contribution in [0.5, 0.6) is 17.2 Å². The van der Waals surface area contributed by atoms with Gasteiger partial charge in [-0.3, -0.25) is 0 Å². The van der Waals surface area contributed by atoms with Crippen LogP contribution >= 0.6 is 23.2 Å². The highest BCUT2D eigenvalue weighted by molar-refractivity contribution is 6.37. The summed E-state index contributed by atoms with van der Waals surface area (Å²) >= 11 is 11.7. The standard InChI is InChI=1S/C14H11Cl2NO3/c15-10-4-9(5-11(16)14(10)18)17-6-8-1-2-12-13(3-8)20-7-19-12/h1-5,17-18H,6-7H2. The van der Waals surface area contributed by atoms with Gasteiger partial charge in [-0.1, -0.05) is 29.3 Å². The molecule has 6 heteroatoms. The van der Waals surface area contributed by atoms with Crippen LogP contribution < -0.4 is 14.8 Å². The lowest BCUT2D eigenvalue weighted by Crippen LogP contribution is -1.99. The molecule has 1 aliphatic heterocycles. The van der Waals surface area contributed by atoms with E-state index in [0.29, 0.717) is 6.54 Å². The molecule has 0 bridgehead atoms. The van der Waals surface area contributed by atoms with Gasteiger partial charge in [0, 0.05) is 12.2 Å². The molecular weight excluding hydrogens is 301 g/mol. The van der Waals surface area contributed by atoms with E-state index in [1.165, 1.54) is 0 Å². The number of hydrogen-bond acceptors (Lipinski definition) is 4. The minimum Gasteiger partial charge on any atom is -0.505 e. The third-order valence-corrected chi connectivity index (χ3v) is 3.53. The van der Waals surface area contributed by atoms with Crippen LogP contribution in [0.4, 0.5) is 5.69 Å². The summed E-state index contributed by atoms with van der Waals surface area (Å²) in [4.78, 5) is 0. The number of ether oxygens (including phenoxy) is 2. The topological polar surface area (TPSA) is 50.7 Å². The molecule has 2 aromatic rings. The Labute approximate surface area is 125 Å². The van der Waals surface area contributed by atoms with Crippen molar-refractivity contribution in [1.29, 1.82) is 0 Å². The Balaban J connectivity index is 1.73. The summed E-state index contributed by atoms with van der Waals surface area (Å²) in [5.41, 5.74) is 1.77. The van der Waals surface area contributed by atoms with Gasteiger partial charge in [-0.25, -0.2) is 0 Å². The second kappa shape index (κ2) is 5.31. The van der Waals surface area contributed by atoms with Crippen LogP contribution in [0.15, 0.2) is 30.3 Å². The molecule has 1 heterocycles. The first kappa shape index (κ1) is 13.2. The Morgan fingerprint density at radius 2 is 1.75 bits per heavy atom. The Bertz CT molecular complexity index is 638. The molecule has 0 radical (unpaired) electrons. The number of aromatic hydroxyl groups is 1. The third kappa shape index (κ3) is 2.57. The molecule has 0 aliphatic carbocycles. The predicted molar refractivity (Wildman–Crippen MR) is 78.0 cm³/mol. The van der Waals surface area contributed by atoms with Crippen molar-refractivity contribution < 1.29 is 14.6 Å². The largest absolute Gasteiger partial charge is 0.505 e. The average molecular weight is 312 g/mol. The molecule has 0 atom stereocenters. The van der Waals surface area contributed by atoms with E-state index >= 15 is 0 Å². The van der Waals surface area contributed by atoms with Crippen molar-refractivity contribution in [2.45, 2.75) is 6.54 Å². The van der Waals surface area contributed by atoms with Crippen molar-refractivity contribution in [1.82, 2.24) is 0 Å². The first-order valence-corrected chi connectivity index (χ1v) is 6.69. The molecule has 3 rings (SSSR count). The van der Waals surface area contributed by atoms with Gasteiger partial charge in [-0.2, -0.15) is 0 Å². The van der Waals surface area contributed by atoms with Gasteiger partial charge in [0.2, 0.25) is 6.79 Å². The molecule has 0 saturated carbocycles. The van der Waals surface area contributed by atoms with Crippen LogP contribution in [0, 0.1) is 0 Å². The smallest absolute Gasteiger partial charge is 0.231 e. The number of nitrogens with one attached hydrogen (secondary N) is 1. The zero-order valence-electron chi connectivity index (χ0n) is 10.3. The number of phenolic OH excluding ortho intramolecular Hbond substituents is 1. The van der Waals surface area contributed by atoms with Gasteiger partial charge in [0.05, 0.1) is 10.0 Å². The molecule has 2 aromatic carbocycles. The second-order valence-electron chi connectivity index (χ2n) is 4.33. The highest BCUT2D eigenvalue weighted by atomic mass is 35.5. The van der Waals surface area contributed by atoms with Gasteiger partial charge in [0.25, 0.3) is 0 Å². The third-order valence-electron chi connectivity index (χ3n) is 2.95. The molecule has 0 spiro atoms. The van der Waals surface area contributed by atoms with Crippen LogP contribution in [-0.4, -0.2) is 11.9 Å². The summed E-state index contributed by atoms with van der Waals surface area (Å²) in [5.74, 6) is 1.39. The van der Waals surface area contributed by atoms with Crippen molar-refractivity contribution in [3.63, 3.8) is 0 Å². The van der Waals surface area contributed by atoms with E-state index in [0.717, 1.165) is 22.7 Å². The summed E-state index contributed by atoms with van der Waals surface area (Å²) in [6.07, 6.45) is 0. The number of benzene rings is 2. The van der Waals surface area contributed by atoms with Crippen molar-refractivity contribution >= 4 is 28.9 Å². The van der Waals surface area contributed by atoms with Gasteiger partial charge in [-0.15, -0.1) is 0 Å². The van der Waals surface area contributed by atoms with Crippen LogP contribution in [0.3, 0.4) is 0 Å². The van der Waals surface area contributed by atoms with Gasteiger partial charge < -0.3 is 19.9 Å². The van der Waals surface area contributed by atoms with Crippen molar-refractivity contribution in [2.75, 3.05) is 12.1 Å². The lowest BCUT2D eigenvalue weighted by atomic mass is 10.2. The highest BCUT2D eigenvalue weighted by Gasteiger charge is 2.13. The van der Waals surface area contributed by atoms with E-state index in [1.807, 2.05) is 18.2 Å². The van der Waals surface area contributed by atoms with E-state index in [1.54, 1.807) is 12.1 Å². The Hall–Kier alpha value is -1.78. The molecule has 0 amide bonds. The monoisotopic (exact) mass is 311 g/mol. The first-order valence-electron chi connectivity index (χ1n) is 5.94. The molecule has 0 fully saturated rings. The van der Waals surface area contributed by atoms with Crippen molar-refractivity contribution in [3.8, 4) is 17.2 Å². The molecule has 2 N–H and O–H groups in total. The van der Waals surface area contributed by atoms with Gasteiger partial charge in [0.15, 0.2) is 17.2 Å². The summed E-state index contributed by atoms with van der Waals surface area (Å²) in [6, 6.07) is 8.98. The van der Waals surface area contributed by atoms with Gasteiger partial charge in [0.1, 0.15) is 0 Å². The number of halogens is 2. The average Bonchev–Trinajstić information content (AvgIpc) is 2.89. The fraction of sp³-hybridized carbons (Fsp3) is 0.143. The summed E-state index contributed by atoms with van der Waals surface area (Å²) < 4.78 is 10.6. The first-order chi connectivity index (χ1) is 9.63. The molecular formula is C14H11Cl2NO3. The van der Waals surface area contributed by atoms with E-state index in [4.69, 9.17) is 32.7 Å². The molecule has 4 nitrogen and oxygen atoms in total. The predicted octanol–water partition coefficient (Wildman–Crippen LogP) is 4.04.